The molecule has 9 nitrogen and oxygen atoms in total. The summed E-state index contributed by atoms with van der Waals surface area (Å²) in [5, 5.41) is 17.3. The van der Waals surface area contributed by atoms with E-state index in [0.29, 0.717) is 12.8 Å². The molecule has 0 aromatic heterocycles. The minimum atomic E-state index is -5.16. The van der Waals surface area contributed by atoms with E-state index in [-0.39, 0.29) is 36.2 Å². The Kier molecular flexibility index (Phi) is 7.45. The third kappa shape index (κ3) is 5.76. The van der Waals surface area contributed by atoms with Crippen molar-refractivity contribution >= 4 is 23.6 Å². The van der Waals surface area contributed by atoms with E-state index in [4.69, 9.17) is 0 Å². The number of halogens is 3. The van der Waals surface area contributed by atoms with E-state index in [0.717, 1.165) is 32.1 Å². The first kappa shape index (κ1) is 28.2. The summed E-state index contributed by atoms with van der Waals surface area (Å²) in [5.74, 6) is -4.23. The average molecular weight is 540 g/mol. The first-order valence-corrected chi connectivity index (χ1v) is 13.4. The number of nitrogens with one attached hydrogen (secondary N) is 3. The maximum atomic E-state index is 13.7. The van der Waals surface area contributed by atoms with Crippen LogP contribution in [0.15, 0.2) is 0 Å². The quantitative estimate of drug-likeness (QED) is 0.476. The second kappa shape index (κ2) is 10.0. The van der Waals surface area contributed by atoms with E-state index in [1.165, 1.54) is 4.90 Å². The van der Waals surface area contributed by atoms with Crippen LogP contribution in [0.2, 0.25) is 0 Å². The van der Waals surface area contributed by atoms with Crippen LogP contribution in [0.25, 0.3) is 0 Å². The predicted octanol–water partition coefficient (Wildman–Crippen LogP) is 2.16. The van der Waals surface area contributed by atoms with Crippen molar-refractivity contribution < 1.29 is 32.3 Å². The summed E-state index contributed by atoms with van der Waals surface area (Å²) in [6.07, 6.45) is 0.636. The molecular weight excluding hydrogens is 503 g/mol. The van der Waals surface area contributed by atoms with Crippen LogP contribution in [-0.4, -0.2) is 64.9 Å². The highest BCUT2D eigenvalue weighted by Crippen LogP contribution is 2.46. The van der Waals surface area contributed by atoms with Crippen molar-refractivity contribution in [2.75, 3.05) is 6.54 Å². The molecule has 3 N–H and O–H groups in total. The highest BCUT2D eigenvalue weighted by molar-refractivity contribution is 5.94. The first-order valence-electron chi connectivity index (χ1n) is 13.4. The van der Waals surface area contributed by atoms with Gasteiger partial charge in [-0.15, -0.1) is 0 Å². The van der Waals surface area contributed by atoms with Gasteiger partial charge >= 0.3 is 12.1 Å². The van der Waals surface area contributed by atoms with Gasteiger partial charge in [0, 0.05) is 18.0 Å². The van der Waals surface area contributed by atoms with Gasteiger partial charge in [-0.2, -0.15) is 18.4 Å². The number of nitrogens with zero attached hydrogens (tertiary/aromatic N) is 2. The Balaban J connectivity index is 1.53. The summed E-state index contributed by atoms with van der Waals surface area (Å²) in [4.78, 5) is 52.8. The highest BCUT2D eigenvalue weighted by Gasteiger charge is 2.54. The summed E-state index contributed by atoms with van der Waals surface area (Å²) < 4.78 is 39.2. The summed E-state index contributed by atoms with van der Waals surface area (Å²) in [5.41, 5.74) is -1.23. The molecule has 4 rings (SSSR count). The molecule has 2 saturated heterocycles. The molecule has 38 heavy (non-hydrogen) atoms. The Morgan fingerprint density at radius 2 is 1.82 bits per heavy atom. The number of hydrogen-bond donors (Lipinski definition) is 3. The number of hydrogen-bond acceptors (Lipinski definition) is 5. The Morgan fingerprint density at radius 3 is 2.37 bits per heavy atom. The van der Waals surface area contributed by atoms with Gasteiger partial charge < -0.3 is 20.9 Å². The maximum Gasteiger partial charge on any atom is 0.471 e. The lowest BCUT2D eigenvalue weighted by Crippen LogP contribution is -2.60. The number of rotatable bonds is 6. The van der Waals surface area contributed by atoms with E-state index in [2.05, 4.69) is 16.7 Å². The molecule has 1 spiro atoms. The first-order chi connectivity index (χ1) is 17.6. The minimum absolute atomic E-state index is 0.00161. The summed E-state index contributed by atoms with van der Waals surface area (Å²) in [7, 11) is 0. The van der Waals surface area contributed by atoms with E-state index < -0.39 is 53.4 Å². The van der Waals surface area contributed by atoms with Gasteiger partial charge in [-0.1, -0.05) is 33.6 Å². The van der Waals surface area contributed by atoms with Crippen molar-refractivity contribution in [3.63, 3.8) is 0 Å². The standard InChI is InChI=1S/C26H36F3N5O4/c1-24(2,3)19(32-23(38)26(27,28)29)22(37)34-13-14-6-4-5-7-17(14)18(34)21(36)31-16(12-30)10-15-11-25(8-9-25)33-20(15)35/h14-19H,4-11,13H2,1-3H3,(H,31,36)(H,32,38)(H,33,35)/t14-,15+,16-,17-,18-,19+/m0/s1. The van der Waals surface area contributed by atoms with Crippen molar-refractivity contribution in [1.82, 2.24) is 20.9 Å². The molecule has 0 aromatic carbocycles. The summed E-state index contributed by atoms with van der Waals surface area (Å²) in [6.45, 7) is 4.85. The van der Waals surface area contributed by atoms with Crippen molar-refractivity contribution in [3.05, 3.63) is 0 Å². The van der Waals surface area contributed by atoms with Gasteiger partial charge in [0.2, 0.25) is 17.7 Å². The molecule has 2 saturated carbocycles. The predicted molar refractivity (Wildman–Crippen MR) is 129 cm³/mol. The van der Waals surface area contributed by atoms with E-state index in [9.17, 15) is 37.6 Å². The number of nitriles is 1. The van der Waals surface area contributed by atoms with Crippen LogP contribution in [0.1, 0.15) is 72.1 Å². The van der Waals surface area contributed by atoms with E-state index >= 15 is 0 Å². The lowest BCUT2D eigenvalue weighted by atomic mass is 9.78. The fourth-order valence-corrected chi connectivity index (χ4v) is 6.40. The van der Waals surface area contributed by atoms with Gasteiger partial charge in [-0.3, -0.25) is 19.2 Å². The summed E-state index contributed by atoms with van der Waals surface area (Å²) in [6, 6.07) is -1.36. The van der Waals surface area contributed by atoms with Crippen LogP contribution in [0.3, 0.4) is 0 Å². The fourth-order valence-electron chi connectivity index (χ4n) is 6.40. The van der Waals surface area contributed by atoms with Crippen LogP contribution in [0.4, 0.5) is 13.2 Å². The van der Waals surface area contributed by atoms with Crippen molar-refractivity contribution in [2.24, 2.45) is 23.2 Å². The Hall–Kier alpha value is -2.84. The molecule has 0 aromatic rings. The molecule has 2 aliphatic carbocycles. The molecule has 4 aliphatic rings. The van der Waals surface area contributed by atoms with Crippen molar-refractivity contribution in [2.45, 2.75) is 102 Å². The minimum Gasteiger partial charge on any atom is -0.350 e. The third-order valence-electron chi connectivity index (χ3n) is 8.58. The number of likely N-dealkylation sites (tertiary alicyclic amines) is 1. The molecule has 210 valence electrons. The van der Waals surface area contributed by atoms with E-state index in [1.807, 2.05) is 5.32 Å². The zero-order valence-corrected chi connectivity index (χ0v) is 22.0. The lowest BCUT2D eigenvalue weighted by Gasteiger charge is -2.36. The topological polar surface area (TPSA) is 131 Å². The largest absolute Gasteiger partial charge is 0.471 e. The molecule has 6 atom stereocenters. The highest BCUT2D eigenvalue weighted by atomic mass is 19.4. The van der Waals surface area contributed by atoms with Gasteiger partial charge in [-0.05, 0) is 55.8 Å². The van der Waals surface area contributed by atoms with Crippen LogP contribution in [-0.2, 0) is 19.2 Å². The monoisotopic (exact) mass is 539 g/mol. The number of carbonyl (C=O) groups is 4. The Morgan fingerprint density at radius 1 is 1.16 bits per heavy atom. The van der Waals surface area contributed by atoms with Crippen LogP contribution in [0, 0.1) is 34.5 Å². The second-order valence-corrected chi connectivity index (χ2v) is 12.5. The molecule has 0 bridgehead atoms. The molecule has 2 aliphatic heterocycles. The normalized spacial score (nSPS) is 29.6. The summed E-state index contributed by atoms with van der Waals surface area (Å²) >= 11 is 0. The molecule has 0 radical (unpaired) electrons. The SMILES string of the molecule is CC(C)(C)[C@H](NC(=O)C(F)(F)F)C(=O)N1C[C@@H]2CCCC[C@@H]2[C@H]1C(=O)N[C@H](C#N)C[C@@H]1CC2(CC2)NC1=O. The third-order valence-corrected chi connectivity index (χ3v) is 8.58. The number of carbonyl (C=O) groups excluding carboxylic acids is 4. The average Bonchev–Trinajstić information content (AvgIpc) is 3.34. The molecule has 2 heterocycles. The fraction of sp³-hybridized carbons (Fsp3) is 0.808. The lowest BCUT2D eigenvalue weighted by molar-refractivity contribution is -0.176. The second-order valence-electron chi connectivity index (χ2n) is 12.5. The van der Waals surface area contributed by atoms with Crippen LogP contribution < -0.4 is 16.0 Å². The molecule has 4 fully saturated rings. The molecule has 4 amide bonds. The number of fused-ring (bicyclic) bond motifs is 1. The number of amides is 4. The van der Waals surface area contributed by atoms with Crippen molar-refractivity contribution in [1.29, 1.82) is 5.26 Å². The van der Waals surface area contributed by atoms with E-state index in [1.54, 1.807) is 20.8 Å². The van der Waals surface area contributed by atoms with Gasteiger partial charge in [0.15, 0.2) is 0 Å². The van der Waals surface area contributed by atoms with Crippen molar-refractivity contribution in [3.8, 4) is 6.07 Å². The van der Waals surface area contributed by atoms with Gasteiger partial charge in [0.25, 0.3) is 0 Å². The zero-order valence-electron chi connectivity index (χ0n) is 22.0. The zero-order chi connectivity index (χ0) is 28.0. The molecular formula is C26H36F3N5O4. The maximum absolute atomic E-state index is 13.7. The molecule has 0 unspecified atom stereocenters. The van der Waals surface area contributed by atoms with Gasteiger partial charge in [-0.25, -0.2) is 0 Å². The van der Waals surface area contributed by atoms with Gasteiger partial charge in [0.05, 0.1) is 6.07 Å². The van der Waals surface area contributed by atoms with Gasteiger partial charge in [0.1, 0.15) is 18.1 Å². The number of alkyl halides is 3. The smallest absolute Gasteiger partial charge is 0.350 e. The molecule has 12 heteroatoms. The Bertz CT molecular complexity index is 1030. The van der Waals surface area contributed by atoms with Crippen LogP contribution in [0.5, 0.6) is 0 Å². The Labute approximate surface area is 220 Å². The van der Waals surface area contributed by atoms with Crippen LogP contribution >= 0.6 is 0 Å².